The highest BCUT2D eigenvalue weighted by molar-refractivity contribution is 7.89. The molecule has 0 heterocycles. The number of hydrogen-bond donors (Lipinski definition) is 3. The number of nitrogens with one attached hydrogen (secondary N) is 3. The fourth-order valence-electron chi connectivity index (χ4n) is 1.66. The van der Waals surface area contributed by atoms with Gasteiger partial charge in [0.1, 0.15) is 4.90 Å². The average Bonchev–Trinajstić information content (AvgIpc) is 2.33. The number of anilines is 1. The summed E-state index contributed by atoms with van der Waals surface area (Å²) in [6.07, 6.45) is 0. The molecule has 1 aromatic rings. The molecule has 0 atom stereocenters. The summed E-state index contributed by atoms with van der Waals surface area (Å²) in [6.45, 7) is 5.86. The highest BCUT2D eigenvalue weighted by atomic mass is 32.2. The number of para-hydroxylation sites is 1. The lowest BCUT2D eigenvalue weighted by Gasteiger charge is -2.14. The zero-order chi connectivity index (χ0) is 15.2. The van der Waals surface area contributed by atoms with Crippen molar-refractivity contribution < 1.29 is 13.2 Å². The minimum atomic E-state index is -3.54. The zero-order valence-electron chi connectivity index (χ0n) is 11.9. The van der Waals surface area contributed by atoms with Crippen LogP contribution in [0.1, 0.15) is 20.8 Å². The van der Waals surface area contributed by atoms with Crippen LogP contribution in [0.15, 0.2) is 29.2 Å². The Kier molecular flexibility index (Phi) is 5.97. The largest absolute Gasteiger partial charge is 0.382 e. The van der Waals surface area contributed by atoms with Gasteiger partial charge in [-0.2, -0.15) is 0 Å². The van der Waals surface area contributed by atoms with E-state index in [0.29, 0.717) is 18.8 Å². The van der Waals surface area contributed by atoms with E-state index in [1.165, 1.54) is 6.92 Å². The third-order valence-electron chi connectivity index (χ3n) is 2.38. The number of carbonyl (C=O) groups is 1. The molecule has 0 aliphatic rings. The minimum absolute atomic E-state index is 0.116. The van der Waals surface area contributed by atoms with Gasteiger partial charge < -0.3 is 10.6 Å². The Balaban J connectivity index is 2.80. The second kappa shape index (κ2) is 7.25. The van der Waals surface area contributed by atoms with Crippen LogP contribution in [0.25, 0.3) is 0 Å². The summed E-state index contributed by atoms with van der Waals surface area (Å²) in [4.78, 5) is 11.0. The van der Waals surface area contributed by atoms with Crippen molar-refractivity contribution in [1.82, 2.24) is 10.0 Å². The van der Waals surface area contributed by atoms with E-state index in [4.69, 9.17) is 0 Å². The smallest absolute Gasteiger partial charge is 0.242 e. The van der Waals surface area contributed by atoms with Crippen molar-refractivity contribution in [3.63, 3.8) is 0 Å². The van der Waals surface area contributed by atoms with Gasteiger partial charge in [0.15, 0.2) is 0 Å². The molecule has 112 valence electrons. The highest BCUT2D eigenvalue weighted by Crippen LogP contribution is 2.20. The Bertz CT molecular complexity index is 556. The van der Waals surface area contributed by atoms with E-state index in [2.05, 4.69) is 15.4 Å². The fraction of sp³-hybridized carbons (Fsp3) is 0.462. The van der Waals surface area contributed by atoms with Crippen molar-refractivity contribution in [3.05, 3.63) is 24.3 Å². The standard InChI is InChI=1S/C13H21N3O3S/c1-10(2)16-20(18,19)13-7-5-4-6-12(13)15-9-8-14-11(3)17/h4-7,10,15-16H,8-9H2,1-3H3,(H,14,17). The van der Waals surface area contributed by atoms with Gasteiger partial charge >= 0.3 is 0 Å². The van der Waals surface area contributed by atoms with Crippen molar-refractivity contribution in [3.8, 4) is 0 Å². The maximum Gasteiger partial charge on any atom is 0.242 e. The maximum atomic E-state index is 12.2. The third-order valence-corrected chi connectivity index (χ3v) is 4.10. The maximum absolute atomic E-state index is 12.2. The van der Waals surface area contributed by atoms with E-state index < -0.39 is 10.0 Å². The molecule has 1 aromatic carbocycles. The van der Waals surface area contributed by atoms with Gasteiger partial charge in [-0.05, 0) is 26.0 Å². The van der Waals surface area contributed by atoms with Crippen molar-refractivity contribution in [2.75, 3.05) is 18.4 Å². The van der Waals surface area contributed by atoms with E-state index in [1.54, 1.807) is 38.1 Å². The molecule has 0 fully saturated rings. The van der Waals surface area contributed by atoms with Crippen LogP contribution in [0.2, 0.25) is 0 Å². The summed E-state index contributed by atoms with van der Waals surface area (Å²) in [7, 11) is -3.54. The molecule has 0 saturated heterocycles. The lowest BCUT2D eigenvalue weighted by atomic mass is 10.3. The first-order valence-electron chi connectivity index (χ1n) is 6.42. The molecule has 0 aliphatic heterocycles. The normalized spacial score (nSPS) is 11.4. The quantitative estimate of drug-likeness (QED) is 0.653. The first kappa shape index (κ1) is 16.5. The molecule has 20 heavy (non-hydrogen) atoms. The minimum Gasteiger partial charge on any atom is -0.382 e. The van der Waals surface area contributed by atoms with Gasteiger partial charge in [0.05, 0.1) is 5.69 Å². The van der Waals surface area contributed by atoms with Crippen LogP contribution in [0, 0.1) is 0 Å². The predicted octanol–water partition coefficient (Wildman–Crippen LogP) is 0.921. The van der Waals surface area contributed by atoms with Gasteiger partial charge in [0.25, 0.3) is 0 Å². The molecular weight excluding hydrogens is 278 g/mol. The Morgan fingerprint density at radius 1 is 1.20 bits per heavy atom. The molecule has 0 aromatic heterocycles. The molecule has 1 amide bonds. The van der Waals surface area contributed by atoms with E-state index in [-0.39, 0.29) is 16.8 Å². The summed E-state index contributed by atoms with van der Waals surface area (Å²) in [6, 6.07) is 6.50. The van der Waals surface area contributed by atoms with Gasteiger partial charge in [-0.1, -0.05) is 12.1 Å². The lowest BCUT2D eigenvalue weighted by Crippen LogP contribution is -2.31. The fourth-order valence-corrected chi connectivity index (χ4v) is 3.09. The van der Waals surface area contributed by atoms with Crippen LogP contribution in [0.5, 0.6) is 0 Å². The molecule has 7 heteroatoms. The van der Waals surface area contributed by atoms with E-state index >= 15 is 0 Å². The average molecular weight is 299 g/mol. The Morgan fingerprint density at radius 3 is 2.45 bits per heavy atom. The highest BCUT2D eigenvalue weighted by Gasteiger charge is 2.18. The first-order chi connectivity index (χ1) is 9.33. The molecule has 0 spiro atoms. The van der Waals surface area contributed by atoms with Crippen LogP contribution in [-0.4, -0.2) is 33.5 Å². The first-order valence-corrected chi connectivity index (χ1v) is 7.91. The number of hydrogen-bond acceptors (Lipinski definition) is 4. The van der Waals surface area contributed by atoms with Crippen LogP contribution in [-0.2, 0) is 14.8 Å². The Hall–Kier alpha value is -1.60. The molecule has 0 unspecified atom stereocenters. The topological polar surface area (TPSA) is 87.3 Å². The monoisotopic (exact) mass is 299 g/mol. The molecule has 0 bridgehead atoms. The molecule has 3 N–H and O–H groups in total. The van der Waals surface area contributed by atoms with Crippen molar-refractivity contribution in [2.24, 2.45) is 0 Å². The lowest BCUT2D eigenvalue weighted by molar-refractivity contribution is -0.118. The van der Waals surface area contributed by atoms with Crippen LogP contribution < -0.4 is 15.4 Å². The van der Waals surface area contributed by atoms with Crippen molar-refractivity contribution >= 4 is 21.6 Å². The molecule has 0 radical (unpaired) electrons. The van der Waals surface area contributed by atoms with Gasteiger partial charge in [-0.25, -0.2) is 13.1 Å². The molecule has 1 rings (SSSR count). The third kappa shape index (κ3) is 5.18. The van der Waals surface area contributed by atoms with E-state index in [9.17, 15) is 13.2 Å². The summed E-state index contributed by atoms with van der Waals surface area (Å²) in [5.74, 6) is -0.116. The van der Waals surface area contributed by atoms with Gasteiger partial charge in [0, 0.05) is 26.1 Å². The predicted molar refractivity (Wildman–Crippen MR) is 79.1 cm³/mol. The van der Waals surface area contributed by atoms with Crippen LogP contribution >= 0.6 is 0 Å². The number of rotatable bonds is 7. The summed E-state index contributed by atoms with van der Waals surface area (Å²) in [5, 5.41) is 5.65. The number of benzene rings is 1. The Morgan fingerprint density at radius 2 is 1.85 bits per heavy atom. The molecule has 0 aliphatic carbocycles. The van der Waals surface area contributed by atoms with Crippen LogP contribution in [0.4, 0.5) is 5.69 Å². The van der Waals surface area contributed by atoms with E-state index in [1.807, 2.05) is 0 Å². The van der Waals surface area contributed by atoms with Crippen molar-refractivity contribution in [2.45, 2.75) is 31.7 Å². The Labute approximate surface area is 120 Å². The van der Waals surface area contributed by atoms with Gasteiger partial charge in [0.2, 0.25) is 15.9 Å². The SMILES string of the molecule is CC(=O)NCCNc1ccccc1S(=O)(=O)NC(C)C. The summed E-state index contributed by atoms with van der Waals surface area (Å²) < 4.78 is 26.9. The van der Waals surface area contributed by atoms with E-state index in [0.717, 1.165) is 0 Å². The number of sulfonamides is 1. The molecular formula is C13H21N3O3S. The van der Waals surface area contributed by atoms with Gasteiger partial charge in [-0.3, -0.25) is 4.79 Å². The second-order valence-electron chi connectivity index (χ2n) is 4.68. The number of amides is 1. The molecule has 6 nitrogen and oxygen atoms in total. The zero-order valence-corrected chi connectivity index (χ0v) is 12.8. The second-order valence-corrected chi connectivity index (χ2v) is 6.36. The molecule has 0 saturated carbocycles. The summed E-state index contributed by atoms with van der Waals surface area (Å²) in [5.41, 5.74) is 0.519. The van der Waals surface area contributed by atoms with Crippen molar-refractivity contribution in [1.29, 1.82) is 0 Å². The summed E-state index contributed by atoms with van der Waals surface area (Å²) >= 11 is 0. The number of carbonyl (C=O) groups excluding carboxylic acids is 1. The van der Waals surface area contributed by atoms with Crippen LogP contribution in [0.3, 0.4) is 0 Å². The van der Waals surface area contributed by atoms with Gasteiger partial charge in [-0.15, -0.1) is 0 Å².